The van der Waals surface area contributed by atoms with E-state index in [2.05, 4.69) is 10.2 Å². The minimum Gasteiger partial charge on any atom is -0.399 e. The SMILES string of the molecule is CC1(C)OB(c2ccc3nnc(N)cc3c2)OC1(C)C. The van der Waals surface area contributed by atoms with E-state index in [-0.39, 0.29) is 18.3 Å². The molecule has 1 saturated heterocycles. The van der Waals surface area contributed by atoms with Gasteiger partial charge >= 0.3 is 7.12 Å². The summed E-state index contributed by atoms with van der Waals surface area (Å²) in [7, 11) is -0.376. The number of nitrogens with zero attached hydrogens (tertiary/aromatic N) is 2. The summed E-state index contributed by atoms with van der Waals surface area (Å²) in [5.74, 6) is 0.406. The van der Waals surface area contributed by atoms with E-state index in [1.54, 1.807) is 6.07 Å². The number of benzene rings is 1. The van der Waals surface area contributed by atoms with Crippen molar-refractivity contribution >= 4 is 29.3 Å². The minimum atomic E-state index is -0.376. The molecule has 1 fully saturated rings. The zero-order valence-electron chi connectivity index (χ0n) is 12.2. The van der Waals surface area contributed by atoms with Crippen molar-refractivity contribution < 1.29 is 9.31 Å². The fraction of sp³-hybridized carbons (Fsp3) is 0.429. The maximum atomic E-state index is 6.04. The molecule has 2 heterocycles. The lowest BCUT2D eigenvalue weighted by Gasteiger charge is -2.32. The van der Waals surface area contributed by atoms with Crippen LogP contribution in [0.15, 0.2) is 24.3 Å². The number of hydrogen-bond donors (Lipinski definition) is 1. The Hall–Kier alpha value is -1.66. The lowest BCUT2D eigenvalue weighted by molar-refractivity contribution is 0.00578. The van der Waals surface area contributed by atoms with Crippen molar-refractivity contribution in [1.29, 1.82) is 0 Å². The molecule has 0 saturated carbocycles. The van der Waals surface area contributed by atoms with Crippen LogP contribution in [0.25, 0.3) is 10.9 Å². The maximum Gasteiger partial charge on any atom is 0.494 e. The number of hydrogen-bond acceptors (Lipinski definition) is 5. The predicted octanol–water partition coefficient (Wildman–Crippen LogP) is 1.51. The van der Waals surface area contributed by atoms with E-state index in [4.69, 9.17) is 15.0 Å². The molecule has 1 aliphatic rings. The van der Waals surface area contributed by atoms with Crippen LogP contribution >= 0.6 is 0 Å². The maximum absolute atomic E-state index is 6.04. The van der Waals surface area contributed by atoms with Gasteiger partial charge in [-0.1, -0.05) is 12.1 Å². The van der Waals surface area contributed by atoms with Crippen LogP contribution < -0.4 is 11.2 Å². The van der Waals surface area contributed by atoms with Crippen LogP contribution in [-0.4, -0.2) is 28.5 Å². The molecule has 6 heteroatoms. The summed E-state index contributed by atoms with van der Waals surface area (Å²) in [4.78, 5) is 0. The molecule has 0 aliphatic carbocycles. The van der Waals surface area contributed by atoms with Gasteiger partial charge in [-0.05, 0) is 45.3 Å². The quantitative estimate of drug-likeness (QED) is 0.796. The van der Waals surface area contributed by atoms with E-state index in [1.807, 2.05) is 45.9 Å². The number of anilines is 1. The highest BCUT2D eigenvalue weighted by atomic mass is 16.7. The molecule has 0 bridgehead atoms. The van der Waals surface area contributed by atoms with Crippen molar-refractivity contribution in [2.75, 3.05) is 5.73 Å². The van der Waals surface area contributed by atoms with E-state index in [1.165, 1.54) is 0 Å². The molecule has 3 rings (SSSR count). The van der Waals surface area contributed by atoms with Gasteiger partial charge in [0.15, 0.2) is 0 Å². The minimum absolute atomic E-state index is 0.345. The highest BCUT2D eigenvalue weighted by molar-refractivity contribution is 6.62. The van der Waals surface area contributed by atoms with E-state index in [9.17, 15) is 0 Å². The average molecular weight is 271 g/mol. The standard InChI is InChI=1S/C14H18BN3O2/c1-13(2)14(3,4)20-15(19-13)10-5-6-11-9(7-10)8-12(16)18-17-11/h5-8H,1-4H3,(H2,16,18). The zero-order valence-corrected chi connectivity index (χ0v) is 12.2. The third-order valence-electron chi connectivity index (χ3n) is 4.15. The summed E-state index contributed by atoms with van der Waals surface area (Å²) in [6.07, 6.45) is 0. The van der Waals surface area contributed by atoms with Crippen LogP contribution in [0.4, 0.5) is 5.82 Å². The predicted molar refractivity (Wildman–Crippen MR) is 79.7 cm³/mol. The molecule has 20 heavy (non-hydrogen) atoms. The van der Waals surface area contributed by atoms with Crippen molar-refractivity contribution in [3.8, 4) is 0 Å². The summed E-state index contributed by atoms with van der Waals surface area (Å²) >= 11 is 0. The first kappa shape index (κ1) is 13.3. The Kier molecular flexibility index (Phi) is 2.78. The first-order valence-corrected chi connectivity index (χ1v) is 6.67. The fourth-order valence-corrected chi connectivity index (χ4v) is 2.21. The Bertz CT molecular complexity index is 657. The highest BCUT2D eigenvalue weighted by Crippen LogP contribution is 2.36. The van der Waals surface area contributed by atoms with Crippen molar-refractivity contribution in [2.45, 2.75) is 38.9 Å². The second-order valence-electron chi connectivity index (χ2n) is 6.18. The molecule has 104 valence electrons. The van der Waals surface area contributed by atoms with Crippen molar-refractivity contribution in [3.63, 3.8) is 0 Å². The fourth-order valence-electron chi connectivity index (χ4n) is 2.21. The van der Waals surface area contributed by atoms with E-state index < -0.39 is 0 Å². The normalized spacial score (nSPS) is 20.5. The van der Waals surface area contributed by atoms with Crippen LogP contribution in [0, 0.1) is 0 Å². The molecule has 0 unspecified atom stereocenters. The molecule has 0 amide bonds. The molecule has 0 atom stereocenters. The number of nitrogens with two attached hydrogens (primary N) is 1. The monoisotopic (exact) mass is 271 g/mol. The molecule has 1 aromatic carbocycles. The second kappa shape index (κ2) is 4.17. The Morgan fingerprint density at radius 3 is 2.30 bits per heavy atom. The van der Waals surface area contributed by atoms with Gasteiger partial charge in [-0.15, -0.1) is 10.2 Å². The summed E-state index contributed by atoms with van der Waals surface area (Å²) in [5.41, 5.74) is 6.75. The third kappa shape index (κ3) is 2.05. The van der Waals surface area contributed by atoms with Gasteiger partial charge in [-0.25, -0.2) is 0 Å². The van der Waals surface area contributed by atoms with Crippen LogP contribution in [0.5, 0.6) is 0 Å². The van der Waals surface area contributed by atoms with Crippen LogP contribution in [0.3, 0.4) is 0 Å². The molecule has 0 radical (unpaired) electrons. The molecule has 1 aromatic heterocycles. The molecular formula is C14H18BN3O2. The molecule has 2 N–H and O–H groups in total. The number of fused-ring (bicyclic) bond motifs is 1. The first-order chi connectivity index (χ1) is 9.28. The van der Waals surface area contributed by atoms with Gasteiger partial charge in [0.25, 0.3) is 0 Å². The van der Waals surface area contributed by atoms with Gasteiger partial charge < -0.3 is 15.0 Å². The van der Waals surface area contributed by atoms with Crippen molar-refractivity contribution in [3.05, 3.63) is 24.3 Å². The molecule has 0 spiro atoms. The van der Waals surface area contributed by atoms with E-state index >= 15 is 0 Å². The first-order valence-electron chi connectivity index (χ1n) is 6.67. The van der Waals surface area contributed by atoms with Crippen LogP contribution in [-0.2, 0) is 9.31 Å². The van der Waals surface area contributed by atoms with Gasteiger partial charge in [0.05, 0.1) is 16.7 Å². The Morgan fingerprint density at radius 2 is 1.65 bits per heavy atom. The second-order valence-corrected chi connectivity index (χ2v) is 6.18. The van der Waals surface area contributed by atoms with Gasteiger partial charge in [0.2, 0.25) is 0 Å². The largest absolute Gasteiger partial charge is 0.494 e. The summed E-state index contributed by atoms with van der Waals surface area (Å²) < 4.78 is 12.1. The Balaban J connectivity index is 2.00. The lowest BCUT2D eigenvalue weighted by atomic mass is 9.78. The molecule has 2 aromatic rings. The lowest BCUT2D eigenvalue weighted by Crippen LogP contribution is -2.41. The van der Waals surface area contributed by atoms with Crippen LogP contribution in [0.2, 0.25) is 0 Å². The average Bonchev–Trinajstić information content (AvgIpc) is 2.57. The number of nitrogen functional groups attached to an aromatic ring is 1. The van der Waals surface area contributed by atoms with Gasteiger partial charge in [-0.3, -0.25) is 0 Å². The van der Waals surface area contributed by atoms with Crippen molar-refractivity contribution in [1.82, 2.24) is 10.2 Å². The Morgan fingerprint density at radius 1 is 1.00 bits per heavy atom. The zero-order chi connectivity index (χ0) is 14.5. The summed E-state index contributed by atoms with van der Waals surface area (Å²) in [5, 5.41) is 8.83. The van der Waals surface area contributed by atoms with Gasteiger partial charge in [-0.2, -0.15) is 0 Å². The topological polar surface area (TPSA) is 70.3 Å². The van der Waals surface area contributed by atoms with Gasteiger partial charge in [0.1, 0.15) is 5.82 Å². The third-order valence-corrected chi connectivity index (χ3v) is 4.15. The molecular weight excluding hydrogens is 253 g/mol. The smallest absolute Gasteiger partial charge is 0.399 e. The summed E-state index contributed by atoms with van der Waals surface area (Å²) in [6, 6.07) is 7.65. The number of rotatable bonds is 1. The molecule has 1 aliphatic heterocycles. The van der Waals surface area contributed by atoms with Crippen molar-refractivity contribution in [2.24, 2.45) is 0 Å². The molecule has 5 nitrogen and oxygen atoms in total. The highest BCUT2D eigenvalue weighted by Gasteiger charge is 2.51. The number of aromatic nitrogens is 2. The van der Waals surface area contributed by atoms with E-state index in [0.29, 0.717) is 5.82 Å². The van der Waals surface area contributed by atoms with Gasteiger partial charge in [0, 0.05) is 5.39 Å². The Labute approximate surface area is 118 Å². The summed E-state index contributed by atoms with van der Waals surface area (Å²) in [6.45, 7) is 8.16. The van der Waals surface area contributed by atoms with E-state index in [0.717, 1.165) is 16.4 Å². The van der Waals surface area contributed by atoms with Crippen LogP contribution in [0.1, 0.15) is 27.7 Å².